The summed E-state index contributed by atoms with van der Waals surface area (Å²) in [4.78, 5) is 11.5. The Balaban J connectivity index is 1.75. The number of aromatic nitrogens is 2. The van der Waals surface area contributed by atoms with Crippen molar-refractivity contribution in [3.8, 4) is 11.4 Å². The van der Waals surface area contributed by atoms with Gasteiger partial charge in [-0.25, -0.2) is 9.97 Å². The Hall–Kier alpha value is -1.18. The number of rotatable bonds is 4. The SMILES string of the molecule is CCNc1nc(-c2csc(N3CCOCC3)n2)cs1. The van der Waals surface area contributed by atoms with Crippen molar-refractivity contribution in [2.45, 2.75) is 6.92 Å². The lowest BCUT2D eigenvalue weighted by Gasteiger charge is -2.25. The molecule has 5 nitrogen and oxygen atoms in total. The van der Waals surface area contributed by atoms with E-state index in [1.54, 1.807) is 22.7 Å². The molecule has 0 aromatic carbocycles. The van der Waals surface area contributed by atoms with Crippen molar-refractivity contribution in [3.63, 3.8) is 0 Å². The first-order valence-corrected chi connectivity index (χ1v) is 8.10. The van der Waals surface area contributed by atoms with E-state index in [4.69, 9.17) is 4.74 Å². The molecular weight excluding hydrogens is 280 g/mol. The minimum absolute atomic E-state index is 0.788. The number of nitrogens with zero attached hydrogens (tertiary/aromatic N) is 3. The van der Waals surface area contributed by atoms with Gasteiger partial charge in [0, 0.05) is 30.4 Å². The monoisotopic (exact) mass is 296 g/mol. The minimum Gasteiger partial charge on any atom is -0.378 e. The fourth-order valence-corrected chi connectivity index (χ4v) is 3.55. The highest BCUT2D eigenvalue weighted by atomic mass is 32.1. The van der Waals surface area contributed by atoms with Gasteiger partial charge in [0.25, 0.3) is 0 Å². The number of morpholine rings is 1. The third kappa shape index (κ3) is 2.88. The van der Waals surface area contributed by atoms with Crippen LogP contribution < -0.4 is 10.2 Å². The molecule has 0 bridgehead atoms. The van der Waals surface area contributed by atoms with E-state index in [9.17, 15) is 0 Å². The normalized spacial score (nSPS) is 15.7. The summed E-state index contributed by atoms with van der Waals surface area (Å²) in [7, 11) is 0. The molecule has 1 aliphatic heterocycles. The molecule has 7 heteroatoms. The summed E-state index contributed by atoms with van der Waals surface area (Å²) < 4.78 is 5.36. The van der Waals surface area contributed by atoms with Crippen LogP contribution >= 0.6 is 22.7 Å². The van der Waals surface area contributed by atoms with Crippen LogP contribution in [0.5, 0.6) is 0 Å². The molecule has 0 amide bonds. The van der Waals surface area contributed by atoms with Gasteiger partial charge in [0.15, 0.2) is 10.3 Å². The second kappa shape index (κ2) is 5.85. The molecule has 3 rings (SSSR count). The summed E-state index contributed by atoms with van der Waals surface area (Å²) in [6.07, 6.45) is 0. The Morgan fingerprint density at radius 1 is 1.21 bits per heavy atom. The van der Waals surface area contributed by atoms with E-state index in [1.165, 1.54) is 0 Å². The Labute approximate surface area is 120 Å². The average molecular weight is 296 g/mol. The van der Waals surface area contributed by atoms with E-state index in [0.717, 1.165) is 54.5 Å². The summed E-state index contributed by atoms with van der Waals surface area (Å²) in [5.41, 5.74) is 1.92. The first-order chi connectivity index (χ1) is 9.36. The van der Waals surface area contributed by atoms with Crippen LogP contribution in [0.15, 0.2) is 10.8 Å². The molecule has 0 aliphatic carbocycles. The van der Waals surface area contributed by atoms with Gasteiger partial charge >= 0.3 is 0 Å². The number of nitrogens with one attached hydrogen (secondary N) is 1. The molecule has 1 aliphatic rings. The van der Waals surface area contributed by atoms with Gasteiger partial charge in [0.1, 0.15) is 11.4 Å². The first-order valence-electron chi connectivity index (χ1n) is 6.35. The van der Waals surface area contributed by atoms with Gasteiger partial charge in [0.2, 0.25) is 0 Å². The number of thiazole rings is 2. The van der Waals surface area contributed by atoms with Crippen molar-refractivity contribution in [1.29, 1.82) is 0 Å². The van der Waals surface area contributed by atoms with E-state index in [1.807, 2.05) is 0 Å². The van der Waals surface area contributed by atoms with Gasteiger partial charge in [-0.3, -0.25) is 0 Å². The molecule has 2 aromatic heterocycles. The molecule has 0 spiro atoms. The maximum atomic E-state index is 5.36. The highest BCUT2D eigenvalue weighted by Crippen LogP contribution is 2.29. The van der Waals surface area contributed by atoms with E-state index >= 15 is 0 Å². The molecule has 19 heavy (non-hydrogen) atoms. The Morgan fingerprint density at radius 3 is 2.74 bits per heavy atom. The molecule has 2 aromatic rings. The number of ether oxygens (including phenoxy) is 1. The zero-order valence-corrected chi connectivity index (χ0v) is 12.4. The number of anilines is 2. The van der Waals surface area contributed by atoms with Crippen LogP contribution in [-0.4, -0.2) is 42.8 Å². The van der Waals surface area contributed by atoms with Gasteiger partial charge < -0.3 is 15.0 Å². The summed E-state index contributed by atoms with van der Waals surface area (Å²) in [5.74, 6) is 0. The average Bonchev–Trinajstić information content (AvgIpc) is 3.08. The summed E-state index contributed by atoms with van der Waals surface area (Å²) in [6, 6.07) is 0. The second-order valence-electron chi connectivity index (χ2n) is 4.18. The lowest BCUT2D eigenvalue weighted by Crippen LogP contribution is -2.36. The van der Waals surface area contributed by atoms with Crippen LogP contribution in [0.4, 0.5) is 10.3 Å². The van der Waals surface area contributed by atoms with Gasteiger partial charge in [-0.05, 0) is 6.92 Å². The lowest BCUT2D eigenvalue weighted by atomic mass is 10.4. The summed E-state index contributed by atoms with van der Waals surface area (Å²) in [6.45, 7) is 6.38. The maximum Gasteiger partial charge on any atom is 0.186 e. The fraction of sp³-hybridized carbons (Fsp3) is 0.500. The molecule has 0 atom stereocenters. The van der Waals surface area contributed by atoms with E-state index in [2.05, 4.69) is 37.9 Å². The predicted molar refractivity (Wildman–Crippen MR) is 80.4 cm³/mol. The molecule has 0 unspecified atom stereocenters. The van der Waals surface area contributed by atoms with Gasteiger partial charge in [-0.15, -0.1) is 22.7 Å². The van der Waals surface area contributed by atoms with Crippen LogP contribution in [0.2, 0.25) is 0 Å². The highest BCUT2D eigenvalue weighted by Gasteiger charge is 2.16. The van der Waals surface area contributed by atoms with Crippen LogP contribution in [0, 0.1) is 0 Å². The predicted octanol–water partition coefficient (Wildman–Crippen LogP) is 2.54. The van der Waals surface area contributed by atoms with Crippen LogP contribution in [0.25, 0.3) is 11.4 Å². The zero-order valence-electron chi connectivity index (χ0n) is 10.8. The second-order valence-corrected chi connectivity index (χ2v) is 5.88. The molecule has 0 radical (unpaired) electrons. The summed E-state index contributed by atoms with van der Waals surface area (Å²) >= 11 is 3.30. The lowest BCUT2D eigenvalue weighted by molar-refractivity contribution is 0.122. The topological polar surface area (TPSA) is 50.3 Å². The van der Waals surface area contributed by atoms with Gasteiger partial charge in [0.05, 0.1) is 13.2 Å². The molecular formula is C12H16N4OS2. The smallest absolute Gasteiger partial charge is 0.186 e. The van der Waals surface area contributed by atoms with Crippen molar-refractivity contribution in [2.24, 2.45) is 0 Å². The van der Waals surface area contributed by atoms with Crippen molar-refractivity contribution >= 4 is 32.9 Å². The number of hydrogen-bond acceptors (Lipinski definition) is 7. The van der Waals surface area contributed by atoms with Crippen molar-refractivity contribution in [3.05, 3.63) is 10.8 Å². The Bertz CT molecular complexity index is 533. The Kier molecular flexibility index (Phi) is 3.95. The van der Waals surface area contributed by atoms with Gasteiger partial charge in [-0.1, -0.05) is 0 Å². The Morgan fingerprint density at radius 2 is 1.95 bits per heavy atom. The molecule has 102 valence electrons. The zero-order chi connectivity index (χ0) is 13.1. The highest BCUT2D eigenvalue weighted by molar-refractivity contribution is 7.14. The molecule has 1 saturated heterocycles. The van der Waals surface area contributed by atoms with Crippen LogP contribution in [0.3, 0.4) is 0 Å². The third-order valence-corrected chi connectivity index (χ3v) is 4.57. The van der Waals surface area contributed by atoms with Crippen molar-refractivity contribution < 1.29 is 4.74 Å². The maximum absolute atomic E-state index is 5.36. The number of hydrogen-bond donors (Lipinski definition) is 1. The standard InChI is InChI=1S/C12H16N4OS2/c1-2-13-11-14-9(7-18-11)10-8-19-12(15-10)16-3-5-17-6-4-16/h7-8H,2-6H2,1H3,(H,13,14). The quantitative estimate of drug-likeness (QED) is 0.939. The molecule has 1 fully saturated rings. The minimum atomic E-state index is 0.788. The molecule has 1 N–H and O–H groups in total. The van der Waals surface area contributed by atoms with Crippen LogP contribution in [-0.2, 0) is 4.74 Å². The van der Waals surface area contributed by atoms with Crippen molar-refractivity contribution in [1.82, 2.24) is 9.97 Å². The molecule has 3 heterocycles. The molecule has 0 saturated carbocycles. The third-order valence-electron chi connectivity index (χ3n) is 2.87. The van der Waals surface area contributed by atoms with E-state index < -0.39 is 0 Å². The first kappa shape index (κ1) is 12.8. The fourth-order valence-electron chi connectivity index (χ4n) is 1.91. The van der Waals surface area contributed by atoms with E-state index in [0.29, 0.717) is 0 Å². The van der Waals surface area contributed by atoms with Crippen molar-refractivity contribution in [2.75, 3.05) is 43.1 Å². The largest absolute Gasteiger partial charge is 0.378 e. The van der Waals surface area contributed by atoms with Crippen LogP contribution in [0.1, 0.15) is 6.92 Å². The van der Waals surface area contributed by atoms with E-state index in [-0.39, 0.29) is 0 Å². The summed E-state index contributed by atoms with van der Waals surface area (Å²) in [5, 5.41) is 9.38. The van der Waals surface area contributed by atoms with Gasteiger partial charge in [-0.2, -0.15) is 0 Å².